The van der Waals surface area contributed by atoms with Crippen molar-refractivity contribution in [3.05, 3.63) is 53.9 Å². The van der Waals surface area contributed by atoms with Gasteiger partial charge in [-0.2, -0.15) is 0 Å². The molecule has 1 aromatic heterocycles. The van der Waals surface area contributed by atoms with Crippen molar-refractivity contribution in [3.8, 4) is 0 Å². The van der Waals surface area contributed by atoms with Crippen LogP contribution in [0.15, 0.2) is 36.7 Å². The van der Waals surface area contributed by atoms with E-state index in [4.69, 9.17) is 0 Å². The normalized spacial score (nSPS) is 16.6. The molecule has 1 aromatic carbocycles. The highest BCUT2D eigenvalue weighted by Gasteiger charge is 2.22. The van der Waals surface area contributed by atoms with Crippen LogP contribution in [0.25, 0.3) is 0 Å². The Balaban J connectivity index is 1.68. The molecule has 0 aliphatic carbocycles. The van der Waals surface area contributed by atoms with Gasteiger partial charge in [0.1, 0.15) is 17.7 Å². The molecule has 6 heteroatoms. The van der Waals surface area contributed by atoms with E-state index in [0.29, 0.717) is 12.3 Å². The summed E-state index contributed by atoms with van der Waals surface area (Å²) in [5.41, 5.74) is 0.825. The van der Waals surface area contributed by atoms with Crippen molar-refractivity contribution < 1.29 is 9.18 Å². The molecule has 1 atom stereocenters. The Morgan fingerprint density at radius 1 is 1.36 bits per heavy atom. The number of hydrogen-bond donors (Lipinski definition) is 2. The predicted octanol–water partition coefficient (Wildman–Crippen LogP) is 2.54. The second kappa shape index (κ2) is 8.25. The first-order valence-corrected chi connectivity index (χ1v) is 8.86. The maximum absolute atomic E-state index is 13.2. The fourth-order valence-corrected chi connectivity index (χ4v) is 3.35. The molecule has 2 N–H and O–H groups in total. The summed E-state index contributed by atoms with van der Waals surface area (Å²) in [6.07, 6.45) is 7.22. The van der Waals surface area contributed by atoms with E-state index in [0.717, 1.165) is 43.7 Å². The summed E-state index contributed by atoms with van der Waals surface area (Å²) >= 11 is 0. The van der Waals surface area contributed by atoms with Gasteiger partial charge in [-0.1, -0.05) is 12.1 Å². The summed E-state index contributed by atoms with van der Waals surface area (Å²) < 4.78 is 15.1. The quantitative estimate of drug-likeness (QED) is 0.847. The molecule has 1 unspecified atom stereocenters. The van der Waals surface area contributed by atoms with Crippen molar-refractivity contribution in [2.45, 2.75) is 31.7 Å². The Labute approximate surface area is 147 Å². The monoisotopic (exact) mass is 344 g/mol. The van der Waals surface area contributed by atoms with E-state index in [1.807, 2.05) is 17.8 Å². The molecule has 0 radical (unpaired) electrons. The summed E-state index contributed by atoms with van der Waals surface area (Å²) in [5.74, 6) is 1.07. The van der Waals surface area contributed by atoms with Crippen LogP contribution in [0.3, 0.4) is 0 Å². The molecular weight excluding hydrogens is 319 g/mol. The molecule has 1 aliphatic rings. The van der Waals surface area contributed by atoms with Gasteiger partial charge in [0.25, 0.3) is 0 Å². The third-order valence-corrected chi connectivity index (χ3v) is 4.86. The minimum atomic E-state index is -0.374. The lowest BCUT2D eigenvalue weighted by Gasteiger charge is -2.23. The zero-order valence-electron chi connectivity index (χ0n) is 14.5. The van der Waals surface area contributed by atoms with E-state index in [-0.39, 0.29) is 17.8 Å². The van der Waals surface area contributed by atoms with Crippen LogP contribution in [0, 0.1) is 11.7 Å². The van der Waals surface area contributed by atoms with E-state index in [1.54, 1.807) is 18.3 Å². The van der Waals surface area contributed by atoms with Crippen molar-refractivity contribution in [1.29, 1.82) is 0 Å². The lowest BCUT2D eigenvalue weighted by Crippen LogP contribution is -2.32. The molecule has 1 fully saturated rings. The number of nitrogens with one attached hydrogen (secondary N) is 2. The summed E-state index contributed by atoms with van der Waals surface area (Å²) in [4.78, 5) is 16.9. The molecule has 1 amide bonds. The van der Waals surface area contributed by atoms with Gasteiger partial charge in [-0.15, -0.1) is 0 Å². The Morgan fingerprint density at radius 2 is 2.08 bits per heavy atom. The lowest BCUT2D eigenvalue weighted by molar-refractivity contribution is -0.122. The smallest absolute Gasteiger partial charge is 0.220 e. The third kappa shape index (κ3) is 4.66. The molecule has 25 heavy (non-hydrogen) atoms. The number of aromatic nitrogens is 2. The predicted molar refractivity (Wildman–Crippen MR) is 94.4 cm³/mol. The van der Waals surface area contributed by atoms with Gasteiger partial charge in [0.15, 0.2) is 0 Å². The van der Waals surface area contributed by atoms with Gasteiger partial charge >= 0.3 is 0 Å². The van der Waals surface area contributed by atoms with Crippen molar-refractivity contribution in [2.75, 3.05) is 13.1 Å². The average Bonchev–Trinajstić information content (AvgIpc) is 3.05. The maximum Gasteiger partial charge on any atom is 0.220 e. The Bertz CT molecular complexity index is 692. The van der Waals surface area contributed by atoms with Crippen molar-refractivity contribution in [2.24, 2.45) is 13.0 Å². The Hall–Kier alpha value is -2.21. The number of nitrogens with zero attached hydrogens (tertiary/aromatic N) is 2. The van der Waals surface area contributed by atoms with Gasteiger partial charge in [-0.05, 0) is 56.0 Å². The van der Waals surface area contributed by atoms with Crippen LogP contribution in [0.1, 0.15) is 43.1 Å². The fraction of sp³-hybridized carbons (Fsp3) is 0.474. The van der Waals surface area contributed by atoms with E-state index < -0.39 is 0 Å². The SMILES string of the molecule is Cn1ccnc1C(NC(=O)CCC1CCNCC1)c1ccc(F)cc1. The van der Waals surface area contributed by atoms with Gasteiger partial charge in [-0.25, -0.2) is 9.37 Å². The van der Waals surface area contributed by atoms with Crippen LogP contribution in [0.2, 0.25) is 0 Å². The van der Waals surface area contributed by atoms with E-state index in [2.05, 4.69) is 15.6 Å². The summed E-state index contributed by atoms with van der Waals surface area (Å²) in [6.45, 7) is 2.08. The lowest BCUT2D eigenvalue weighted by atomic mass is 9.93. The molecule has 0 saturated carbocycles. The summed E-state index contributed by atoms with van der Waals surface area (Å²) in [6, 6.07) is 5.84. The van der Waals surface area contributed by atoms with Crippen molar-refractivity contribution in [1.82, 2.24) is 20.2 Å². The maximum atomic E-state index is 13.2. The number of carbonyl (C=O) groups excluding carboxylic acids is 1. The molecule has 1 saturated heterocycles. The molecular formula is C19H25FN4O. The van der Waals surface area contributed by atoms with E-state index in [9.17, 15) is 9.18 Å². The van der Waals surface area contributed by atoms with Gasteiger partial charge in [0, 0.05) is 25.9 Å². The number of amides is 1. The number of benzene rings is 1. The molecule has 3 rings (SSSR count). The van der Waals surface area contributed by atoms with Crippen LogP contribution in [-0.2, 0) is 11.8 Å². The Kier molecular flexibility index (Phi) is 5.81. The highest BCUT2D eigenvalue weighted by molar-refractivity contribution is 5.76. The molecule has 0 bridgehead atoms. The van der Waals surface area contributed by atoms with Gasteiger partial charge in [0.05, 0.1) is 0 Å². The van der Waals surface area contributed by atoms with Crippen molar-refractivity contribution in [3.63, 3.8) is 0 Å². The van der Waals surface area contributed by atoms with E-state index >= 15 is 0 Å². The first kappa shape index (κ1) is 17.6. The summed E-state index contributed by atoms with van der Waals surface area (Å²) in [5, 5.41) is 6.42. The van der Waals surface area contributed by atoms with Crippen LogP contribution in [0.4, 0.5) is 4.39 Å². The molecule has 2 heterocycles. The molecule has 1 aliphatic heterocycles. The largest absolute Gasteiger partial charge is 0.342 e. The van der Waals surface area contributed by atoms with Gasteiger partial charge in [-0.3, -0.25) is 4.79 Å². The number of rotatable bonds is 6. The molecule has 2 aromatic rings. The number of piperidine rings is 1. The van der Waals surface area contributed by atoms with Crippen molar-refractivity contribution >= 4 is 5.91 Å². The minimum Gasteiger partial charge on any atom is -0.342 e. The Morgan fingerprint density at radius 3 is 2.72 bits per heavy atom. The first-order valence-electron chi connectivity index (χ1n) is 8.86. The minimum absolute atomic E-state index is 0.0101. The highest BCUT2D eigenvalue weighted by Crippen LogP contribution is 2.22. The second-order valence-corrected chi connectivity index (χ2v) is 6.68. The number of carbonyl (C=O) groups is 1. The molecule has 134 valence electrons. The van der Waals surface area contributed by atoms with Crippen LogP contribution >= 0.6 is 0 Å². The van der Waals surface area contributed by atoms with Gasteiger partial charge < -0.3 is 15.2 Å². The zero-order chi connectivity index (χ0) is 17.6. The molecule has 0 spiro atoms. The summed E-state index contributed by atoms with van der Waals surface area (Å²) in [7, 11) is 1.89. The van der Waals surface area contributed by atoms with Gasteiger partial charge in [0.2, 0.25) is 5.91 Å². The fourth-order valence-electron chi connectivity index (χ4n) is 3.35. The van der Waals surface area contributed by atoms with Crippen LogP contribution in [-0.4, -0.2) is 28.5 Å². The van der Waals surface area contributed by atoms with Crippen LogP contribution < -0.4 is 10.6 Å². The van der Waals surface area contributed by atoms with E-state index in [1.165, 1.54) is 12.1 Å². The molecule has 5 nitrogen and oxygen atoms in total. The number of halogens is 1. The third-order valence-electron chi connectivity index (χ3n) is 4.86. The number of aryl methyl sites for hydroxylation is 1. The zero-order valence-corrected chi connectivity index (χ0v) is 14.5. The van der Waals surface area contributed by atoms with Crippen LogP contribution in [0.5, 0.6) is 0 Å². The first-order chi connectivity index (χ1) is 12.1. The standard InChI is InChI=1S/C19H25FN4O/c1-24-13-12-22-19(24)18(15-3-5-16(20)6-4-15)23-17(25)7-2-14-8-10-21-11-9-14/h3-6,12-14,18,21H,2,7-11H2,1H3,(H,23,25). The second-order valence-electron chi connectivity index (χ2n) is 6.68. The topological polar surface area (TPSA) is 59.0 Å². The number of hydrogen-bond acceptors (Lipinski definition) is 3. The highest BCUT2D eigenvalue weighted by atomic mass is 19.1. The number of imidazole rings is 1. The average molecular weight is 344 g/mol.